The lowest BCUT2D eigenvalue weighted by Crippen LogP contribution is -2.48. The first kappa shape index (κ1) is 21.5. The standard InChI is InChI=1S/C20H18ClF4N5O/c1-12-10-15(20(23,24)25)30-18(26-12)16(21)17(27-30)19(31)29-8-6-28(7-9-29)11-13-4-2-3-5-14(13)22/h2-5,10H,6-9,11H2,1H3. The maximum absolute atomic E-state index is 13.9. The van der Waals surface area contributed by atoms with Crippen LogP contribution in [0.5, 0.6) is 0 Å². The molecule has 31 heavy (non-hydrogen) atoms. The molecule has 0 bridgehead atoms. The minimum Gasteiger partial charge on any atom is -0.335 e. The lowest BCUT2D eigenvalue weighted by Gasteiger charge is -2.34. The molecule has 1 aliphatic heterocycles. The highest BCUT2D eigenvalue weighted by Crippen LogP contribution is 2.32. The van der Waals surface area contributed by atoms with Crippen molar-refractivity contribution in [2.45, 2.75) is 19.6 Å². The van der Waals surface area contributed by atoms with Crippen LogP contribution in [-0.4, -0.2) is 56.5 Å². The van der Waals surface area contributed by atoms with Crippen molar-refractivity contribution in [2.75, 3.05) is 26.2 Å². The lowest BCUT2D eigenvalue weighted by molar-refractivity contribution is -0.142. The van der Waals surface area contributed by atoms with Crippen molar-refractivity contribution < 1.29 is 22.4 Å². The molecule has 2 aromatic heterocycles. The van der Waals surface area contributed by atoms with Gasteiger partial charge in [0.05, 0.1) is 0 Å². The first-order valence-electron chi connectivity index (χ1n) is 9.53. The van der Waals surface area contributed by atoms with Crippen molar-refractivity contribution in [3.63, 3.8) is 0 Å². The van der Waals surface area contributed by atoms with Gasteiger partial charge in [0.1, 0.15) is 16.5 Å². The topological polar surface area (TPSA) is 53.7 Å². The molecule has 0 spiro atoms. The van der Waals surface area contributed by atoms with Crippen molar-refractivity contribution in [1.29, 1.82) is 0 Å². The molecule has 0 radical (unpaired) electrons. The molecule has 4 rings (SSSR count). The Morgan fingerprint density at radius 3 is 2.48 bits per heavy atom. The van der Waals surface area contributed by atoms with Crippen LogP contribution >= 0.6 is 11.6 Å². The third-order valence-corrected chi connectivity index (χ3v) is 5.51. The molecular formula is C20H18ClF4N5O. The normalized spacial score (nSPS) is 15.6. The van der Waals surface area contributed by atoms with Gasteiger partial charge < -0.3 is 4.90 Å². The number of hydrogen-bond donors (Lipinski definition) is 0. The van der Waals surface area contributed by atoms with E-state index in [4.69, 9.17) is 11.6 Å². The molecule has 1 saturated heterocycles. The van der Waals surface area contributed by atoms with Crippen LogP contribution < -0.4 is 0 Å². The summed E-state index contributed by atoms with van der Waals surface area (Å²) in [5.41, 5.74) is -0.858. The van der Waals surface area contributed by atoms with E-state index in [-0.39, 0.29) is 27.9 Å². The number of halogens is 5. The maximum atomic E-state index is 13.9. The summed E-state index contributed by atoms with van der Waals surface area (Å²) in [5.74, 6) is -0.854. The van der Waals surface area contributed by atoms with Crippen molar-refractivity contribution in [3.05, 3.63) is 63.8 Å². The Labute approximate surface area is 180 Å². The van der Waals surface area contributed by atoms with Gasteiger partial charge in [0.2, 0.25) is 0 Å². The average Bonchev–Trinajstić information content (AvgIpc) is 3.05. The SMILES string of the molecule is Cc1cc(C(F)(F)F)n2nc(C(=O)N3CCN(Cc4ccccc4F)CC3)c(Cl)c2n1. The quantitative estimate of drug-likeness (QED) is 0.564. The Morgan fingerprint density at radius 2 is 1.84 bits per heavy atom. The van der Waals surface area contributed by atoms with Gasteiger partial charge in [0.25, 0.3) is 5.91 Å². The average molecular weight is 456 g/mol. The van der Waals surface area contributed by atoms with E-state index >= 15 is 0 Å². The van der Waals surface area contributed by atoms with E-state index in [0.717, 1.165) is 6.07 Å². The fraction of sp³-hybridized carbons (Fsp3) is 0.350. The Bertz CT molecular complexity index is 1140. The molecule has 164 valence electrons. The van der Waals surface area contributed by atoms with Crippen LogP contribution in [0, 0.1) is 12.7 Å². The molecule has 1 amide bonds. The number of piperazine rings is 1. The third kappa shape index (κ3) is 4.22. The van der Waals surface area contributed by atoms with E-state index < -0.39 is 17.8 Å². The second-order valence-corrected chi connectivity index (χ2v) is 7.72. The molecule has 0 unspecified atom stereocenters. The highest BCUT2D eigenvalue weighted by atomic mass is 35.5. The van der Waals surface area contributed by atoms with E-state index in [2.05, 4.69) is 10.1 Å². The monoisotopic (exact) mass is 455 g/mol. The fourth-order valence-electron chi connectivity index (χ4n) is 3.58. The predicted octanol–water partition coefficient (Wildman–Crippen LogP) is 3.81. The molecule has 6 nitrogen and oxygen atoms in total. The Kier molecular flexibility index (Phi) is 5.61. The first-order valence-corrected chi connectivity index (χ1v) is 9.91. The minimum atomic E-state index is -4.68. The van der Waals surface area contributed by atoms with Crippen LogP contribution in [0.1, 0.15) is 27.4 Å². The summed E-state index contributed by atoms with van der Waals surface area (Å²) in [4.78, 5) is 20.4. The molecule has 1 fully saturated rings. The number of carbonyl (C=O) groups excluding carboxylic acids is 1. The van der Waals surface area contributed by atoms with Crippen LogP contribution in [0.2, 0.25) is 5.02 Å². The zero-order valence-electron chi connectivity index (χ0n) is 16.5. The first-order chi connectivity index (χ1) is 14.6. The highest BCUT2D eigenvalue weighted by Gasteiger charge is 2.37. The van der Waals surface area contributed by atoms with Gasteiger partial charge >= 0.3 is 6.18 Å². The number of aryl methyl sites for hydroxylation is 1. The zero-order valence-corrected chi connectivity index (χ0v) is 17.2. The minimum absolute atomic E-state index is 0.113. The number of fused-ring (bicyclic) bond motifs is 1. The summed E-state index contributed by atoms with van der Waals surface area (Å²) in [6.07, 6.45) is -4.68. The third-order valence-electron chi connectivity index (χ3n) is 5.17. The van der Waals surface area contributed by atoms with Gasteiger partial charge in [-0.05, 0) is 19.1 Å². The largest absolute Gasteiger partial charge is 0.433 e. The Hall–Kier alpha value is -2.72. The smallest absolute Gasteiger partial charge is 0.335 e. The molecule has 3 aromatic rings. The van der Waals surface area contributed by atoms with Gasteiger partial charge in [-0.3, -0.25) is 9.69 Å². The number of aromatic nitrogens is 3. The van der Waals surface area contributed by atoms with E-state index in [9.17, 15) is 22.4 Å². The number of hydrogen-bond acceptors (Lipinski definition) is 4. The molecule has 0 saturated carbocycles. The summed E-state index contributed by atoms with van der Waals surface area (Å²) in [6.45, 7) is 3.41. The predicted molar refractivity (Wildman–Crippen MR) is 105 cm³/mol. The molecule has 11 heteroatoms. The van der Waals surface area contributed by atoms with Crippen molar-refractivity contribution in [3.8, 4) is 0 Å². The van der Waals surface area contributed by atoms with E-state index in [1.54, 1.807) is 18.2 Å². The Balaban J connectivity index is 1.53. The number of amides is 1. The van der Waals surface area contributed by atoms with Gasteiger partial charge in [-0.15, -0.1) is 0 Å². The van der Waals surface area contributed by atoms with Crippen LogP contribution in [0.3, 0.4) is 0 Å². The van der Waals surface area contributed by atoms with Crippen molar-refractivity contribution in [1.82, 2.24) is 24.4 Å². The summed E-state index contributed by atoms with van der Waals surface area (Å²) in [7, 11) is 0. The van der Waals surface area contributed by atoms with E-state index in [0.29, 0.717) is 42.8 Å². The van der Waals surface area contributed by atoms with Gasteiger partial charge in [-0.1, -0.05) is 29.8 Å². The van der Waals surface area contributed by atoms with Crippen LogP contribution in [0.4, 0.5) is 17.6 Å². The molecule has 1 aromatic carbocycles. The van der Waals surface area contributed by atoms with Gasteiger partial charge in [0, 0.05) is 44.0 Å². The van der Waals surface area contributed by atoms with Gasteiger partial charge in [-0.2, -0.15) is 18.3 Å². The molecule has 0 atom stereocenters. The number of nitrogens with zero attached hydrogens (tertiary/aromatic N) is 5. The highest BCUT2D eigenvalue weighted by molar-refractivity contribution is 6.36. The van der Waals surface area contributed by atoms with Crippen LogP contribution in [0.15, 0.2) is 30.3 Å². The number of alkyl halides is 3. The molecule has 3 heterocycles. The maximum Gasteiger partial charge on any atom is 0.433 e. The van der Waals surface area contributed by atoms with Gasteiger partial charge in [0.15, 0.2) is 11.3 Å². The molecule has 0 aliphatic carbocycles. The summed E-state index contributed by atoms with van der Waals surface area (Å²) >= 11 is 6.21. The summed E-state index contributed by atoms with van der Waals surface area (Å²) < 4.78 is 54.6. The Morgan fingerprint density at radius 1 is 1.16 bits per heavy atom. The number of carbonyl (C=O) groups is 1. The van der Waals surface area contributed by atoms with Crippen molar-refractivity contribution >= 4 is 23.2 Å². The van der Waals surface area contributed by atoms with Crippen LogP contribution in [-0.2, 0) is 12.7 Å². The van der Waals surface area contributed by atoms with Crippen molar-refractivity contribution in [2.24, 2.45) is 0 Å². The zero-order chi connectivity index (χ0) is 22.3. The fourth-order valence-corrected chi connectivity index (χ4v) is 3.82. The molecular weight excluding hydrogens is 438 g/mol. The molecule has 0 N–H and O–H groups in total. The van der Waals surface area contributed by atoms with Crippen LogP contribution in [0.25, 0.3) is 5.65 Å². The number of rotatable bonds is 3. The summed E-state index contributed by atoms with van der Waals surface area (Å²) in [5, 5.41) is 3.63. The second kappa shape index (κ2) is 8.08. The van der Waals surface area contributed by atoms with E-state index in [1.165, 1.54) is 17.9 Å². The lowest BCUT2D eigenvalue weighted by atomic mass is 10.2. The molecule has 1 aliphatic rings. The number of benzene rings is 1. The van der Waals surface area contributed by atoms with E-state index in [1.807, 2.05) is 4.90 Å². The summed E-state index contributed by atoms with van der Waals surface area (Å²) in [6, 6.07) is 7.33. The second-order valence-electron chi connectivity index (χ2n) is 7.34. The van der Waals surface area contributed by atoms with Gasteiger partial charge in [-0.25, -0.2) is 13.9 Å².